The van der Waals surface area contributed by atoms with E-state index in [-0.39, 0.29) is 13.8 Å². The molecule has 0 aliphatic heterocycles. The van der Waals surface area contributed by atoms with Crippen LogP contribution in [-0.2, 0) is 4.79 Å². The summed E-state index contributed by atoms with van der Waals surface area (Å²) >= 11 is 0. The number of ketones is 1. The van der Waals surface area contributed by atoms with Gasteiger partial charge < -0.3 is 20.4 Å². The number of hydrogen-bond acceptors (Lipinski definition) is 5. The van der Waals surface area contributed by atoms with E-state index in [9.17, 15) is 9.90 Å². The van der Waals surface area contributed by atoms with Crippen LogP contribution in [0.2, 0.25) is 0 Å². The van der Waals surface area contributed by atoms with Crippen LogP contribution in [-0.4, -0.2) is 51.1 Å². The highest BCUT2D eigenvalue weighted by Gasteiger charge is 2.37. The molecule has 2 atom stereocenters. The zero-order valence-electron chi connectivity index (χ0n) is 6.90. The molecule has 0 aromatic rings. The van der Waals surface area contributed by atoms with E-state index in [1.807, 2.05) is 0 Å². The van der Waals surface area contributed by atoms with E-state index in [2.05, 4.69) is 0 Å². The number of aliphatic hydroxyl groups is 4. The van der Waals surface area contributed by atoms with E-state index < -0.39 is 30.7 Å². The molecule has 0 rings (SSSR count). The Morgan fingerprint density at radius 1 is 1.46 bits per heavy atom. The molecule has 5 nitrogen and oxygen atoms in total. The van der Waals surface area contributed by atoms with Crippen molar-refractivity contribution in [1.82, 2.24) is 0 Å². The Hall–Kier alpha value is -0.490. The number of rotatable bonds is 5. The Labute approximate surface area is 77.6 Å². The molecule has 0 amide bonds. The van der Waals surface area contributed by atoms with Gasteiger partial charge in [0, 0.05) is 0 Å². The lowest BCUT2D eigenvalue weighted by molar-refractivity contribution is -0.152. The van der Waals surface area contributed by atoms with E-state index in [1.54, 1.807) is 0 Å². The Morgan fingerprint density at radius 3 is 2.15 bits per heavy atom. The molecule has 13 heavy (non-hydrogen) atoms. The molecular formula is C8H18O5. The van der Waals surface area contributed by atoms with Gasteiger partial charge in [0.15, 0.2) is 5.78 Å². The molecule has 5 heteroatoms. The molecule has 0 radical (unpaired) electrons. The highest BCUT2D eigenvalue weighted by molar-refractivity contribution is 5.85. The summed E-state index contributed by atoms with van der Waals surface area (Å²) in [5.41, 5.74) is -1.83. The maximum absolute atomic E-state index is 10.7. The first-order chi connectivity index (χ1) is 5.51. The van der Waals surface area contributed by atoms with Gasteiger partial charge in [-0.1, -0.05) is 14.4 Å². The zero-order valence-corrected chi connectivity index (χ0v) is 6.90. The van der Waals surface area contributed by atoms with Crippen LogP contribution >= 0.6 is 0 Å². The van der Waals surface area contributed by atoms with Crippen LogP contribution in [0, 0.1) is 0 Å². The average molecular weight is 194 g/mol. The fourth-order valence-electron chi connectivity index (χ4n) is 0.778. The fourth-order valence-corrected chi connectivity index (χ4v) is 0.778. The Kier molecular flexibility index (Phi) is 6.97. The van der Waals surface area contributed by atoms with Crippen LogP contribution < -0.4 is 0 Å². The van der Waals surface area contributed by atoms with Crippen molar-refractivity contribution in [2.24, 2.45) is 0 Å². The van der Waals surface area contributed by atoms with Crippen LogP contribution in [0.5, 0.6) is 0 Å². The SMILES string of the molecule is C.CCC(O)(CO)C(O)C(=O)CO. The largest absolute Gasteiger partial charge is 0.393 e. The summed E-state index contributed by atoms with van der Waals surface area (Å²) in [4.78, 5) is 10.7. The molecule has 0 aromatic carbocycles. The second-order valence-corrected chi connectivity index (χ2v) is 2.64. The Balaban J connectivity index is 0. The van der Waals surface area contributed by atoms with E-state index >= 15 is 0 Å². The predicted octanol–water partition coefficient (Wildman–Crippen LogP) is -1.32. The van der Waals surface area contributed by atoms with Gasteiger partial charge in [0.2, 0.25) is 0 Å². The van der Waals surface area contributed by atoms with Crippen molar-refractivity contribution in [2.75, 3.05) is 13.2 Å². The topological polar surface area (TPSA) is 98.0 Å². The second kappa shape index (κ2) is 6.04. The highest BCUT2D eigenvalue weighted by atomic mass is 16.4. The van der Waals surface area contributed by atoms with Crippen LogP contribution in [0.4, 0.5) is 0 Å². The standard InChI is InChI=1S/C7H14O5.CH4/c1-2-7(12,4-9)6(11)5(10)3-8;/h6,8-9,11-12H,2-4H2,1H3;1H4. The van der Waals surface area contributed by atoms with Crippen molar-refractivity contribution in [1.29, 1.82) is 0 Å². The van der Waals surface area contributed by atoms with Gasteiger partial charge >= 0.3 is 0 Å². The second-order valence-electron chi connectivity index (χ2n) is 2.64. The number of hydrogen-bond donors (Lipinski definition) is 4. The van der Waals surface area contributed by atoms with Crippen LogP contribution in [0.25, 0.3) is 0 Å². The van der Waals surface area contributed by atoms with Gasteiger partial charge in [-0.05, 0) is 6.42 Å². The summed E-state index contributed by atoms with van der Waals surface area (Å²) in [6.45, 7) is -0.0377. The van der Waals surface area contributed by atoms with Crippen LogP contribution in [0.1, 0.15) is 20.8 Å². The van der Waals surface area contributed by atoms with Crippen LogP contribution in [0.3, 0.4) is 0 Å². The maximum Gasteiger partial charge on any atom is 0.189 e. The lowest BCUT2D eigenvalue weighted by Crippen LogP contribution is -2.50. The zero-order chi connectivity index (χ0) is 9.78. The maximum atomic E-state index is 10.7. The highest BCUT2D eigenvalue weighted by Crippen LogP contribution is 2.15. The van der Waals surface area contributed by atoms with Crippen molar-refractivity contribution in [3.8, 4) is 0 Å². The van der Waals surface area contributed by atoms with Crippen molar-refractivity contribution in [3.63, 3.8) is 0 Å². The van der Waals surface area contributed by atoms with Gasteiger partial charge in [-0.15, -0.1) is 0 Å². The molecule has 80 valence electrons. The molecule has 0 spiro atoms. The van der Waals surface area contributed by atoms with Crippen LogP contribution in [0.15, 0.2) is 0 Å². The minimum absolute atomic E-state index is 0. The molecular weight excluding hydrogens is 176 g/mol. The minimum atomic E-state index is -1.83. The lowest BCUT2D eigenvalue weighted by Gasteiger charge is -2.28. The number of Topliss-reactive ketones (excluding diaryl/α,β-unsaturated/α-hetero) is 1. The van der Waals surface area contributed by atoms with Gasteiger partial charge in [-0.2, -0.15) is 0 Å². The van der Waals surface area contributed by atoms with E-state index in [0.717, 1.165) is 0 Å². The molecule has 0 bridgehead atoms. The van der Waals surface area contributed by atoms with E-state index in [4.69, 9.17) is 15.3 Å². The summed E-state index contributed by atoms with van der Waals surface area (Å²) in [7, 11) is 0. The summed E-state index contributed by atoms with van der Waals surface area (Å²) < 4.78 is 0. The Bertz CT molecular complexity index is 153. The first-order valence-electron chi connectivity index (χ1n) is 3.66. The Morgan fingerprint density at radius 2 is 1.92 bits per heavy atom. The van der Waals surface area contributed by atoms with Gasteiger partial charge in [0.1, 0.15) is 18.3 Å². The quantitative estimate of drug-likeness (QED) is 0.435. The van der Waals surface area contributed by atoms with Crippen molar-refractivity contribution >= 4 is 5.78 Å². The average Bonchev–Trinajstić information content (AvgIpc) is 2.14. The molecule has 4 N–H and O–H groups in total. The molecule has 0 aliphatic rings. The summed E-state index contributed by atoms with van der Waals surface area (Å²) in [6, 6.07) is 0. The summed E-state index contributed by atoms with van der Waals surface area (Å²) in [5, 5.41) is 35.5. The molecule has 0 aliphatic carbocycles. The van der Waals surface area contributed by atoms with Crippen molar-refractivity contribution in [2.45, 2.75) is 32.5 Å². The van der Waals surface area contributed by atoms with Gasteiger partial charge in [-0.3, -0.25) is 4.79 Å². The van der Waals surface area contributed by atoms with E-state index in [0.29, 0.717) is 0 Å². The predicted molar refractivity (Wildman–Crippen MR) is 47.2 cm³/mol. The van der Waals surface area contributed by atoms with Gasteiger partial charge in [0.25, 0.3) is 0 Å². The normalized spacial score (nSPS) is 17.0. The van der Waals surface area contributed by atoms with Gasteiger partial charge in [0.05, 0.1) is 6.61 Å². The fraction of sp³-hybridized carbons (Fsp3) is 0.875. The summed E-state index contributed by atoms with van der Waals surface area (Å²) in [5.74, 6) is -0.895. The first kappa shape index (κ1) is 15.0. The monoisotopic (exact) mass is 194 g/mol. The third-order valence-corrected chi connectivity index (χ3v) is 1.86. The van der Waals surface area contributed by atoms with E-state index in [1.165, 1.54) is 6.92 Å². The molecule has 0 saturated heterocycles. The minimum Gasteiger partial charge on any atom is -0.393 e. The lowest BCUT2D eigenvalue weighted by atomic mass is 9.92. The molecule has 0 heterocycles. The third kappa shape index (κ3) is 3.40. The number of aliphatic hydroxyl groups excluding tert-OH is 3. The third-order valence-electron chi connectivity index (χ3n) is 1.86. The van der Waals surface area contributed by atoms with Crippen molar-refractivity contribution in [3.05, 3.63) is 0 Å². The van der Waals surface area contributed by atoms with Gasteiger partial charge in [-0.25, -0.2) is 0 Å². The number of carbonyl (C=O) groups is 1. The summed E-state index contributed by atoms with van der Waals surface area (Å²) in [6.07, 6.45) is -1.69. The molecule has 0 fully saturated rings. The molecule has 2 unspecified atom stereocenters. The first-order valence-corrected chi connectivity index (χ1v) is 3.66. The number of carbonyl (C=O) groups excluding carboxylic acids is 1. The molecule has 0 aromatic heterocycles. The molecule has 0 saturated carbocycles. The van der Waals surface area contributed by atoms with Crippen molar-refractivity contribution < 1.29 is 25.2 Å². The smallest absolute Gasteiger partial charge is 0.189 e.